The lowest BCUT2D eigenvalue weighted by atomic mass is 10.0. The van der Waals surface area contributed by atoms with Crippen molar-refractivity contribution in [2.75, 3.05) is 26.7 Å². The van der Waals surface area contributed by atoms with Crippen LogP contribution in [0.4, 0.5) is 0 Å². The summed E-state index contributed by atoms with van der Waals surface area (Å²) >= 11 is 0. The Balaban J connectivity index is 1.98. The van der Waals surface area contributed by atoms with Crippen LogP contribution in [0.3, 0.4) is 0 Å². The van der Waals surface area contributed by atoms with Gasteiger partial charge in [-0.3, -0.25) is 4.90 Å². The van der Waals surface area contributed by atoms with E-state index in [1.54, 1.807) is 13.2 Å². The fourth-order valence-corrected chi connectivity index (χ4v) is 2.80. The molecule has 4 heteroatoms. The summed E-state index contributed by atoms with van der Waals surface area (Å²) < 4.78 is 5.17. The first-order valence-corrected chi connectivity index (χ1v) is 7.55. The molecule has 0 aromatic heterocycles. The molecule has 20 heavy (non-hydrogen) atoms. The van der Waals surface area contributed by atoms with Gasteiger partial charge in [-0.2, -0.15) is 0 Å². The van der Waals surface area contributed by atoms with E-state index < -0.39 is 0 Å². The molecule has 112 valence electrons. The number of methoxy groups -OCH3 is 1. The molecule has 0 radical (unpaired) electrons. The summed E-state index contributed by atoms with van der Waals surface area (Å²) in [5, 5.41) is 13.7. The molecule has 2 rings (SSSR count). The Hall–Kier alpha value is -1.26. The third-order valence-electron chi connectivity index (χ3n) is 4.03. The Morgan fingerprint density at radius 1 is 1.40 bits per heavy atom. The van der Waals surface area contributed by atoms with Crippen molar-refractivity contribution in [1.29, 1.82) is 0 Å². The zero-order chi connectivity index (χ0) is 14.4. The number of piperidine rings is 1. The Morgan fingerprint density at radius 3 is 2.90 bits per heavy atom. The second kappa shape index (κ2) is 7.50. The van der Waals surface area contributed by atoms with Crippen LogP contribution in [0.15, 0.2) is 18.2 Å². The summed E-state index contributed by atoms with van der Waals surface area (Å²) in [6.07, 6.45) is 3.86. The highest BCUT2D eigenvalue weighted by molar-refractivity contribution is 5.45. The highest BCUT2D eigenvalue weighted by atomic mass is 16.5. The molecule has 1 atom stereocenters. The molecule has 1 unspecified atom stereocenters. The number of nitrogens with zero attached hydrogens (tertiary/aromatic N) is 1. The Labute approximate surface area is 121 Å². The molecule has 0 amide bonds. The van der Waals surface area contributed by atoms with Gasteiger partial charge in [0.25, 0.3) is 0 Å². The van der Waals surface area contributed by atoms with Crippen molar-refractivity contribution in [3.63, 3.8) is 0 Å². The van der Waals surface area contributed by atoms with Crippen molar-refractivity contribution in [2.45, 2.75) is 38.8 Å². The van der Waals surface area contributed by atoms with Crippen LogP contribution in [-0.4, -0.2) is 42.8 Å². The van der Waals surface area contributed by atoms with Crippen molar-refractivity contribution >= 4 is 0 Å². The Morgan fingerprint density at radius 2 is 2.25 bits per heavy atom. The molecular weight excluding hydrogens is 252 g/mol. The Bertz CT molecular complexity index is 417. The highest BCUT2D eigenvalue weighted by Crippen LogP contribution is 2.30. The second-order valence-electron chi connectivity index (χ2n) is 5.44. The van der Waals surface area contributed by atoms with Crippen LogP contribution >= 0.6 is 0 Å². The summed E-state index contributed by atoms with van der Waals surface area (Å²) in [7, 11) is 1.59. The van der Waals surface area contributed by atoms with Gasteiger partial charge in [0.05, 0.1) is 7.11 Å². The van der Waals surface area contributed by atoms with Crippen molar-refractivity contribution in [1.82, 2.24) is 10.2 Å². The van der Waals surface area contributed by atoms with Crippen molar-refractivity contribution in [2.24, 2.45) is 0 Å². The lowest BCUT2D eigenvalue weighted by molar-refractivity contribution is 0.223. The van der Waals surface area contributed by atoms with Gasteiger partial charge in [0.2, 0.25) is 0 Å². The lowest BCUT2D eigenvalue weighted by Gasteiger charge is -2.30. The van der Waals surface area contributed by atoms with Crippen molar-refractivity contribution < 1.29 is 9.84 Å². The first-order chi connectivity index (χ1) is 9.74. The average Bonchev–Trinajstić information content (AvgIpc) is 2.49. The number of phenols is 1. The van der Waals surface area contributed by atoms with Crippen LogP contribution in [-0.2, 0) is 6.54 Å². The number of benzene rings is 1. The molecule has 1 aliphatic heterocycles. The van der Waals surface area contributed by atoms with Crippen LogP contribution < -0.4 is 10.1 Å². The van der Waals surface area contributed by atoms with E-state index in [2.05, 4.69) is 17.1 Å². The maximum absolute atomic E-state index is 10.2. The molecule has 1 aromatic rings. The van der Waals surface area contributed by atoms with Gasteiger partial charge in [0, 0.05) is 24.7 Å². The van der Waals surface area contributed by atoms with Gasteiger partial charge < -0.3 is 15.2 Å². The molecule has 1 aliphatic rings. The largest absolute Gasteiger partial charge is 0.504 e. The second-order valence-corrected chi connectivity index (χ2v) is 5.44. The smallest absolute Gasteiger partial charge is 0.162 e. The van der Waals surface area contributed by atoms with Gasteiger partial charge in [-0.1, -0.05) is 25.5 Å². The molecular formula is C16H26N2O2. The zero-order valence-electron chi connectivity index (χ0n) is 12.6. The number of nitrogens with one attached hydrogen (secondary N) is 1. The number of hydrogen-bond acceptors (Lipinski definition) is 4. The fourth-order valence-electron chi connectivity index (χ4n) is 2.80. The van der Waals surface area contributed by atoms with Crippen molar-refractivity contribution in [3.05, 3.63) is 23.8 Å². The van der Waals surface area contributed by atoms with Crippen LogP contribution in [0.25, 0.3) is 0 Å². The van der Waals surface area contributed by atoms with Crippen LogP contribution in [0.5, 0.6) is 11.5 Å². The van der Waals surface area contributed by atoms with Gasteiger partial charge >= 0.3 is 0 Å². The number of ether oxygens (including phenoxy) is 1. The third-order valence-corrected chi connectivity index (χ3v) is 4.03. The van der Waals surface area contributed by atoms with Crippen LogP contribution in [0.1, 0.15) is 31.7 Å². The van der Waals surface area contributed by atoms with Gasteiger partial charge in [0.1, 0.15) is 0 Å². The molecule has 0 saturated carbocycles. The normalized spacial score (nSPS) is 19.2. The summed E-state index contributed by atoms with van der Waals surface area (Å²) in [6.45, 7) is 6.08. The van der Waals surface area contributed by atoms with E-state index in [4.69, 9.17) is 4.74 Å². The first-order valence-electron chi connectivity index (χ1n) is 7.55. The molecule has 1 saturated heterocycles. The number of rotatable bonds is 6. The monoisotopic (exact) mass is 278 g/mol. The summed E-state index contributed by atoms with van der Waals surface area (Å²) in [5.74, 6) is 0.819. The minimum Gasteiger partial charge on any atom is -0.504 e. The standard InChI is InChI=1S/C16H26N2O2/c1-3-18(12-14-8-4-5-10-17-14)11-13-7-6-9-15(20-2)16(13)19/h6-7,9,14,17,19H,3-5,8,10-12H2,1-2H3. The van der Waals surface area contributed by atoms with Gasteiger partial charge in [-0.15, -0.1) is 0 Å². The number of likely N-dealkylation sites (N-methyl/N-ethyl adjacent to an activating group) is 1. The molecule has 2 N–H and O–H groups in total. The summed E-state index contributed by atoms with van der Waals surface area (Å²) in [4.78, 5) is 2.37. The maximum atomic E-state index is 10.2. The third kappa shape index (κ3) is 3.87. The number of aromatic hydroxyl groups is 1. The predicted octanol–water partition coefficient (Wildman–Crippen LogP) is 2.36. The SMILES string of the molecule is CCN(Cc1cccc(OC)c1O)CC1CCCCN1. The predicted molar refractivity (Wildman–Crippen MR) is 81.3 cm³/mol. The van der Waals surface area contributed by atoms with Crippen LogP contribution in [0, 0.1) is 0 Å². The van der Waals surface area contributed by atoms with E-state index in [9.17, 15) is 5.11 Å². The molecule has 1 fully saturated rings. The van der Waals surface area contributed by atoms with Gasteiger partial charge in [0.15, 0.2) is 11.5 Å². The number of phenolic OH excluding ortho intramolecular Hbond substituents is 1. The topological polar surface area (TPSA) is 44.7 Å². The molecule has 0 aliphatic carbocycles. The van der Waals surface area contributed by atoms with E-state index in [-0.39, 0.29) is 5.75 Å². The van der Waals surface area contributed by atoms with E-state index in [1.807, 2.05) is 12.1 Å². The Kier molecular flexibility index (Phi) is 5.68. The molecule has 4 nitrogen and oxygen atoms in total. The summed E-state index contributed by atoms with van der Waals surface area (Å²) in [6, 6.07) is 6.27. The molecule has 1 aromatic carbocycles. The van der Waals surface area contributed by atoms with Crippen molar-refractivity contribution in [3.8, 4) is 11.5 Å². The minimum absolute atomic E-state index is 0.269. The van der Waals surface area contributed by atoms with E-state index in [1.165, 1.54) is 19.3 Å². The molecule has 1 heterocycles. The highest BCUT2D eigenvalue weighted by Gasteiger charge is 2.17. The van der Waals surface area contributed by atoms with E-state index >= 15 is 0 Å². The van der Waals surface area contributed by atoms with Crippen LogP contribution in [0.2, 0.25) is 0 Å². The average molecular weight is 278 g/mol. The van der Waals surface area contributed by atoms with E-state index in [0.717, 1.165) is 31.7 Å². The quantitative estimate of drug-likeness (QED) is 0.838. The van der Waals surface area contributed by atoms with Gasteiger partial charge in [-0.25, -0.2) is 0 Å². The number of hydrogen-bond donors (Lipinski definition) is 2. The molecule has 0 bridgehead atoms. The maximum Gasteiger partial charge on any atom is 0.162 e. The van der Waals surface area contributed by atoms with Gasteiger partial charge in [-0.05, 0) is 32.0 Å². The lowest BCUT2D eigenvalue weighted by Crippen LogP contribution is -2.43. The minimum atomic E-state index is 0.269. The zero-order valence-corrected chi connectivity index (χ0v) is 12.6. The molecule has 0 spiro atoms. The summed E-state index contributed by atoms with van der Waals surface area (Å²) in [5.41, 5.74) is 0.932. The first kappa shape index (κ1) is 15.1. The number of para-hydroxylation sites is 1. The fraction of sp³-hybridized carbons (Fsp3) is 0.625. The van der Waals surface area contributed by atoms with E-state index in [0.29, 0.717) is 11.8 Å².